The second-order valence-corrected chi connectivity index (χ2v) is 11.7. The Morgan fingerprint density at radius 2 is 1.07 bits per heavy atom. The summed E-state index contributed by atoms with van der Waals surface area (Å²) in [6.45, 7) is 8.81. The van der Waals surface area contributed by atoms with Crippen molar-refractivity contribution in [3.63, 3.8) is 0 Å². The molecule has 2 saturated heterocycles. The number of hydrogen-bond donors (Lipinski definition) is 4. The van der Waals surface area contributed by atoms with Crippen molar-refractivity contribution in [2.75, 3.05) is 66.6 Å². The lowest BCUT2D eigenvalue weighted by atomic mass is 10.0. The molecule has 4 rings (SSSR count). The summed E-state index contributed by atoms with van der Waals surface area (Å²) in [4.78, 5) is 61.2. The Kier molecular flexibility index (Phi) is 12.7. The Hall–Kier alpha value is -4.30. The number of nitrogens with one attached hydrogen (secondary N) is 4. The Morgan fingerprint density at radius 3 is 1.41 bits per heavy atom. The molecule has 0 aromatic carbocycles. The number of carbonyl (C=O) groups is 4. The van der Waals surface area contributed by atoms with Crippen LogP contribution in [-0.2, 0) is 45.1 Å². The number of methoxy groups -OCH3 is 2. The average Bonchev–Trinajstić information content (AvgIpc) is 3.62. The number of aromatic nitrogens is 2. The van der Waals surface area contributed by atoms with E-state index >= 15 is 0 Å². The predicted octanol–water partition coefficient (Wildman–Crippen LogP) is -0.353. The fourth-order valence-electron chi connectivity index (χ4n) is 5.87. The van der Waals surface area contributed by atoms with Crippen molar-refractivity contribution in [2.45, 2.75) is 39.8 Å². The first-order valence-corrected chi connectivity index (χ1v) is 15.7. The molecule has 2 aliphatic rings. The van der Waals surface area contributed by atoms with E-state index in [1.165, 1.54) is 13.8 Å². The number of likely N-dealkylation sites (tertiary alicyclic amines) is 2. The third kappa shape index (κ3) is 9.85. The summed E-state index contributed by atoms with van der Waals surface area (Å²) >= 11 is 0. The van der Waals surface area contributed by atoms with Crippen LogP contribution in [0.3, 0.4) is 0 Å². The fraction of sp³-hybridized carbons (Fsp3) is 0.562. The Labute approximate surface area is 270 Å². The van der Waals surface area contributed by atoms with Crippen molar-refractivity contribution < 1.29 is 28.7 Å². The van der Waals surface area contributed by atoms with E-state index in [-0.39, 0.29) is 48.3 Å². The van der Waals surface area contributed by atoms with Crippen molar-refractivity contribution in [3.05, 3.63) is 46.8 Å². The van der Waals surface area contributed by atoms with Gasteiger partial charge in [0.1, 0.15) is 0 Å². The van der Waals surface area contributed by atoms with E-state index < -0.39 is 0 Å². The minimum Gasteiger partial charge on any atom is -0.481 e. The van der Waals surface area contributed by atoms with Gasteiger partial charge in [-0.2, -0.15) is 0 Å². The minimum atomic E-state index is -0.0679. The Morgan fingerprint density at radius 1 is 0.674 bits per heavy atom. The molecule has 0 radical (unpaired) electrons. The van der Waals surface area contributed by atoms with Crippen LogP contribution in [0.25, 0.3) is 0 Å². The Balaban J connectivity index is 1.22. The highest BCUT2D eigenvalue weighted by molar-refractivity contribution is 5.80. The number of hydrogen-bond acceptors (Lipinski definition) is 10. The third-order valence-corrected chi connectivity index (χ3v) is 8.22. The van der Waals surface area contributed by atoms with Crippen molar-refractivity contribution in [2.24, 2.45) is 11.8 Å². The maximum atomic E-state index is 13.2. The molecule has 4 heterocycles. The van der Waals surface area contributed by atoms with Crippen LogP contribution in [0.1, 0.15) is 36.4 Å². The molecule has 0 unspecified atom stereocenters. The molecule has 250 valence electrons. The molecule has 0 aliphatic carbocycles. The molecule has 0 atom stereocenters. The molecule has 0 bridgehead atoms. The number of amides is 4. The van der Waals surface area contributed by atoms with Crippen molar-refractivity contribution in [1.29, 1.82) is 0 Å². The number of rotatable bonds is 16. The summed E-state index contributed by atoms with van der Waals surface area (Å²) in [5, 5.41) is 12.0. The normalized spacial score (nSPS) is 17.0. The summed E-state index contributed by atoms with van der Waals surface area (Å²) < 4.78 is 10.9. The molecule has 14 heteroatoms. The summed E-state index contributed by atoms with van der Waals surface area (Å²) in [5.74, 6) is 1.34. The zero-order valence-electron chi connectivity index (χ0n) is 27.2. The highest BCUT2D eigenvalue weighted by Gasteiger charge is 2.42. The quantitative estimate of drug-likeness (QED) is 0.179. The van der Waals surface area contributed by atoms with Gasteiger partial charge in [-0.1, -0.05) is 12.1 Å². The third-order valence-electron chi connectivity index (χ3n) is 8.22. The number of ether oxygens (including phenoxy) is 2. The summed E-state index contributed by atoms with van der Waals surface area (Å²) in [6.07, 6.45) is 0.367. The van der Waals surface area contributed by atoms with Gasteiger partial charge in [0.05, 0.1) is 38.4 Å². The van der Waals surface area contributed by atoms with Gasteiger partial charge in [-0.05, 0) is 12.1 Å². The molecular formula is C32H46N8O6. The largest absolute Gasteiger partial charge is 0.481 e. The van der Waals surface area contributed by atoms with Crippen LogP contribution in [0, 0.1) is 11.8 Å². The van der Waals surface area contributed by atoms with Gasteiger partial charge >= 0.3 is 0 Å². The van der Waals surface area contributed by atoms with E-state index in [2.05, 4.69) is 31.2 Å². The standard InChI is InChI=1S/C32H46N8O6/c1-21(41)35-11-9-33-15-23-5-7-27(37-31(23)45-3)13-29(43)39-17-25-19-40(20-26(25)18-39)30(44)14-28-8-6-24(32(38-28)46-4)16-34-10-12-36-22(2)42/h5-8,25-26,33-34H,9-20H2,1-4H3,(H,35,41)(H,36,42). The lowest BCUT2D eigenvalue weighted by molar-refractivity contribution is -0.131. The van der Waals surface area contributed by atoms with E-state index in [0.717, 1.165) is 11.1 Å². The van der Waals surface area contributed by atoms with Gasteiger partial charge in [-0.15, -0.1) is 0 Å². The predicted molar refractivity (Wildman–Crippen MR) is 170 cm³/mol. The van der Waals surface area contributed by atoms with Crippen molar-refractivity contribution in [1.82, 2.24) is 41.0 Å². The van der Waals surface area contributed by atoms with Crippen LogP contribution in [0.15, 0.2) is 24.3 Å². The summed E-state index contributed by atoms with van der Waals surface area (Å²) in [7, 11) is 3.12. The van der Waals surface area contributed by atoms with Crippen molar-refractivity contribution in [3.8, 4) is 11.8 Å². The van der Waals surface area contributed by atoms with E-state index in [9.17, 15) is 19.2 Å². The van der Waals surface area contributed by atoms with Gasteiger partial charge < -0.3 is 40.5 Å². The zero-order valence-corrected chi connectivity index (χ0v) is 27.2. The average molecular weight is 639 g/mol. The highest BCUT2D eigenvalue weighted by atomic mass is 16.5. The van der Waals surface area contributed by atoms with Crippen LogP contribution >= 0.6 is 0 Å². The SMILES string of the molecule is COc1nc(CC(=O)N2CC3CN(C(=O)Cc4ccc(CNCCNC(C)=O)c(OC)n4)CC3C2)ccc1CNCCNC(C)=O. The molecule has 0 saturated carbocycles. The smallest absolute Gasteiger partial charge is 0.228 e. The molecule has 4 N–H and O–H groups in total. The van der Waals surface area contributed by atoms with E-state index in [1.807, 2.05) is 34.1 Å². The van der Waals surface area contributed by atoms with Crippen LogP contribution in [0.4, 0.5) is 0 Å². The topological polar surface area (TPSA) is 167 Å². The molecule has 2 aliphatic heterocycles. The first kappa shape index (κ1) is 34.6. The number of carbonyl (C=O) groups excluding carboxylic acids is 4. The molecule has 2 fully saturated rings. The summed E-state index contributed by atoms with van der Waals surface area (Å²) in [6, 6.07) is 7.52. The van der Waals surface area contributed by atoms with Crippen LogP contribution < -0.4 is 30.7 Å². The van der Waals surface area contributed by atoms with Crippen molar-refractivity contribution >= 4 is 23.6 Å². The lowest BCUT2D eigenvalue weighted by Crippen LogP contribution is -2.37. The number of pyridine rings is 2. The fourth-order valence-corrected chi connectivity index (χ4v) is 5.87. The molecule has 2 aromatic heterocycles. The highest BCUT2D eigenvalue weighted by Crippen LogP contribution is 2.32. The van der Waals surface area contributed by atoms with Crippen LogP contribution in [0.5, 0.6) is 11.8 Å². The monoisotopic (exact) mass is 638 g/mol. The molecule has 2 aromatic rings. The molecule has 46 heavy (non-hydrogen) atoms. The van der Waals surface area contributed by atoms with Gasteiger partial charge in [-0.25, -0.2) is 9.97 Å². The van der Waals surface area contributed by atoms with Gasteiger partial charge in [-0.3, -0.25) is 19.2 Å². The van der Waals surface area contributed by atoms with Gasteiger partial charge in [0, 0.05) is 102 Å². The molecule has 14 nitrogen and oxygen atoms in total. The van der Waals surface area contributed by atoms with Crippen LogP contribution in [0.2, 0.25) is 0 Å². The second-order valence-electron chi connectivity index (χ2n) is 11.7. The molecule has 4 amide bonds. The maximum Gasteiger partial charge on any atom is 0.228 e. The van der Waals surface area contributed by atoms with Gasteiger partial charge in [0.2, 0.25) is 35.4 Å². The van der Waals surface area contributed by atoms with Gasteiger partial charge in [0.25, 0.3) is 0 Å². The lowest BCUT2D eigenvalue weighted by Gasteiger charge is -2.22. The van der Waals surface area contributed by atoms with Gasteiger partial charge in [0.15, 0.2) is 0 Å². The van der Waals surface area contributed by atoms with E-state index in [4.69, 9.17) is 9.47 Å². The first-order valence-electron chi connectivity index (χ1n) is 15.7. The maximum absolute atomic E-state index is 13.2. The zero-order chi connectivity index (χ0) is 33.1. The first-order chi connectivity index (χ1) is 22.2. The molecular weight excluding hydrogens is 592 g/mol. The molecule has 0 spiro atoms. The minimum absolute atomic E-state index is 0.0176. The number of fused-ring (bicyclic) bond motifs is 1. The number of nitrogens with zero attached hydrogens (tertiary/aromatic N) is 4. The van der Waals surface area contributed by atoms with E-state index in [0.29, 0.717) is 88.6 Å². The second kappa shape index (κ2) is 16.9. The summed E-state index contributed by atoms with van der Waals surface area (Å²) in [5.41, 5.74) is 3.04. The van der Waals surface area contributed by atoms with E-state index in [1.54, 1.807) is 14.2 Å². The van der Waals surface area contributed by atoms with Crippen LogP contribution in [-0.4, -0.2) is 110 Å². The Bertz CT molecular complexity index is 1270.